The van der Waals surface area contributed by atoms with Crippen molar-refractivity contribution in [3.05, 3.63) is 71.9 Å². The zero-order valence-electron chi connectivity index (χ0n) is 21.9. The summed E-state index contributed by atoms with van der Waals surface area (Å²) in [5.41, 5.74) is 3.09. The summed E-state index contributed by atoms with van der Waals surface area (Å²) in [5, 5.41) is 8.92. The molecule has 40 heavy (non-hydrogen) atoms. The van der Waals surface area contributed by atoms with Crippen molar-refractivity contribution < 1.29 is 41.7 Å². The summed E-state index contributed by atoms with van der Waals surface area (Å²) in [6, 6.07) is 10.7. The number of oxazole rings is 1. The first-order chi connectivity index (χ1) is 19.0. The van der Waals surface area contributed by atoms with Crippen molar-refractivity contribution in [2.45, 2.75) is 52.7 Å². The van der Waals surface area contributed by atoms with Gasteiger partial charge in [0.2, 0.25) is 5.89 Å². The van der Waals surface area contributed by atoms with Gasteiger partial charge >= 0.3 is 18.3 Å². The molecular formula is C28H26F3N3O6. The SMILES string of the molecule is Cc1cc(OCc2nc(-c3cnc(OC(C)C)nc3)c(-c3ccc(OC(F)(F)F)cc3)o2)ccc1CCC(=O)O. The summed E-state index contributed by atoms with van der Waals surface area (Å²) in [6.45, 7) is 5.50. The first-order valence-electron chi connectivity index (χ1n) is 12.3. The lowest BCUT2D eigenvalue weighted by atomic mass is 10.0. The molecule has 12 heteroatoms. The van der Waals surface area contributed by atoms with Crippen LogP contribution >= 0.6 is 0 Å². The summed E-state index contributed by atoms with van der Waals surface area (Å²) >= 11 is 0. The van der Waals surface area contributed by atoms with E-state index in [0.717, 1.165) is 11.1 Å². The van der Waals surface area contributed by atoms with Crippen LogP contribution in [0.15, 0.2) is 59.3 Å². The number of benzene rings is 2. The smallest absolute Gasteiger partial charge is 0.484 e. The van der Waals surface area contributed by atoms with E-state index in [1.165, 1.54) is 36.7 Å². The minimum atomic E-state index is -4.81. The standard InChI is InChI=1S/C28H26F3N3O6/c1-16(2)38-27-32-13-20(14-33-27)25-26(19-5-8-21(9-6-19)40-28(29,30)31)39-23(34-25)15-37-22-10-4-18(17(3)12-22)7-11-24(35)36/h4-6,8-10,12-14,16H,7,11,15H2,1-3H3,(H,35,36). The number of carbonyl (C=O) groups is 1. The lowest BCUT2D eigenvalue weighted by Gasteiger charge is -2.09. The molecule has 1 N–H and O–H groups in total. The van der Waals surface area contributed by atoms with Crippen LogP contribution in [0.1, 0.15) is 37.3 Å². The molecule has 9 nitrogen and oxygen atoms in total. The molecule has 0 unspecified atom stereocenters. The third-order valence-electron chi connectivity index (χ3n) is 5.55. The molecule has 4 rings (SSSR count). The number of aromatic nitrogens is 3. The Hall–Kier alpha value is -4.61. The number of hydrogen-bond acceptors (Lipinski definition) is 8. The molecule has 2 heterocycles. The topological polar surface area (TPSA) is 117 Å². The van der Waals surface area contributed by atoms with Gasteiger partial charge in [0.15, 0.2) is 12.4 Å². The van der Waals surface area contributed by atoms with Crippen LogP contribution in [-0.2, 0) is 17.8 Å². The van der Waals surface area contributed by atoms with E-state index in [9.17, 15) is 18.0 Å². The van der Waals surface area contributed by atoms with Crippen LogP contribution < -0.4 is 14.2 Å². The van der Waals surface area contributed by atoms with Gasteiger partial charge < -0.3 is 23.7 Å². The van der Waals surface area contributed by atoms with E-state index in [1.54, 1.807) is 12.1 Å². The predicted molar refractivity (Wildman–Crippen MR) is 137 cm³/mol. The van der Waals surface area contributed by atoms with Crippen LogP contribution in [0, 0.1) is 6.92 Å². The average molecular weight is 558 g/mol. The minimum Gasteiger partial charge on any atom is -0.484 e. The van der Waals surface area contributed by atoms with Gasteiger partial charge in [0, 0.05) is 29.9 Å². The number of alkyl halides is 3. The molecule has 0 amide bonds. The van der Waals surface area contributed by atoms with Gasteiger partial charge in [0.05, 0.1) is 6.10 Å². The largest absolute Gasteiger partial charge is 0.573 e. The van der Waals surface area contributed by atoms with Crippen molar-refractivity contribution in [2.24, 2.45) is 0 Å². The molecular weight excluding hydrogens is 531 g/mol. The van der Waals surface area contributed by atoms with Crippen molar-refractivity contribution in [2.75, 3.05) is 0 Å². The maximum atomic E-state index is 12.6. The van der Waals surface area contributed by atoms with E-state index in [2.05, 4.69) is 19.7 Å². The highest BCUT2D eigenvalue weighted by Gasteiger charge is 2.31. The molecule has 0 atom stereocenters. The van der Waals surface area contributed by atoms with Crippen LogP contribution in [0.5, 0.6) is 17.5 Å². The second-order valence-corrected chi connectivity index (χ2v) is 9.05. The Kier molecular flexibility index (Phi) is 8.56. The molecule has 0 spiro atoms. The van der Waals surface area contributed by atoms with Crippen molar-refractivity contribution in [3.63, 3.8) is 0 Å². The van der Waals surface area contributed by atoms with Gasteiger partial charge in [-0.25, -0.2) is 15.0 Å². The van der Waals surface area contributed by atoms with E-state index < -0.39 is 12.3 Å². The number of halogens is 3. The van der Waals surface area contributed by atoms with E-state index in [4.69, 9.17) is 19.0 Å². The van der Waals surface area contributed by atoms with Crippen molar-refractivity contribution in [1.82, 2.24) is 15.0 Å². The van der Waals surface area contributed by atoms with Crippen molar-refractivity contribution >= 4 is 5.97 Å². The maximum Gasteiger partial charge on any atom is 0.573 e. The lowest BCUT2D eigenvalue weighted by molar-refractivity contribution is -0.274. The lowest BCUT2D eigenvalue weighted by Crippen LogP contribution is -2.16. The van der Waals surface area contributed by atoms with E-state index >= 15 is 0 Å². The summed E-state index contributed by atoms with van der Waals surface area (Å²) in [6.07, 6.45) is -1.48. The van der Waals surface area contributed by atoms with Crippen LogP contribution in [-0.4, -0.2) is 38.5 Å². The number of nitrogens with zero attached hydrogens (tertiary/aromatic N) is 3. The Morgan fingerprint density at radius 1 is 1.02 bits per heavy atom. The highest BCUT2D eigenvalue weighted by Crippen LogP contribution is 2.34. The first-order valence-corrected chi connectivity index (χ1v) is 12.3. The molecule has 2 aromatic heterocycles. The Bertz CT molecular complexity index is 1450. The minimum absolute atomic E-state index is 0.0283. The normalized spacial score (nSPS) is 11.5. The van der Waals surface area contributed by atoms with E-state index in [1.807, 2.05) is 26.8 Å². The summed E-state index contributed by atoms with van der Waals surface area (Å²) in [5.74, 6) is -0.230. The summed E-state index contributed by atoms with van der Waals surface area (Å²) in [4.78, 5) is 23.8. The molecule has 0 saturated carbocycles. The fourth-order valence-electron chi connectivity index (χ4n) is 3.76. The first kappa shape index (κ1) is 28.4. The third-order valence-corrected chi connectivity index (χ3v) is 5.55. The predicted octanol–water partition coefficient (Wildman–Crippen LogP) is 6.39. The third kappa shape index (κ3) is 7.71. The van der Waals surface area contributed by atoms with Gasteiger partial charge in [-0.2, -0.15) is 0 Å². The Morgan fingerprint density at radius 3 is 2.30 bits per heavy atom. The molecule has 0 saturated heterocycles. The molecule has 0 bridgehead atoms. The second-order valence-electron chi connectivity index (χ2n) is 9.05. The quantitative estimate of drug-likeness (QED) is 0.224. The van der Waals surface area contributed by atoms with E-state index in [0.29, 0.717) is 29.0 Å². The Labute approximate surface area is 227 Å². The number of carboxylic acid groups (broad SMARTS) is 1. The molecule has 4 aromatic rings. The number of aliphatic carboxylic acids is 1. The molecule has 0 aliphatic carbocycles. The second kappa shape index (κ2) is 12.1. The number of ether oxygens (including phenoxy) is 3. The van der Waals surface area contributed by atoms with E-state index in [-0.39, 0.29) is 42.5 Å². The summed E-state index contributed by atoms with van der Waals surface area (Å²) in [7, 11) is 0. The number of aryl methyl sites for hydroxylation is 2. The van der Waals surface area contributed by atoms with Crippen LogP contribution in [0.25, 0.3) is 22.6 Å². The zero-order chi connectivity index (χ0) is 28.9. The molecule has 2 aromatic carbocycles. The monoisotopic (exact) mass is 557 g/mol. The number of rotatable bonds is 11. The average Bonchev–Trinajstić information content (AvgIpc) is 3.31. The van der Waals surface area contributed by atoms with Gasteiger partial charge in [-0.15, -0.1) is 13.2 Å². The molecule has 0 radical (unpaired) electrons. The van der Waals surface area contributed by atoms with Crippen LogP contribution in [0.4, 0.5) is 13.2 Å². The number of hydrogen-bond donors (Lipinski definition) is 1. The molecule has 0 aliphatic heterocycles. The summed E-state index contributed by atoms with van der Waals surface area (Å²) < 4.78 is 59.1. The fraction of sp³-hybridized carbons (Fsp3) is 0.286. The Balaban J connectivity index is 1.59. The van der Waals surface area contributed by atoms with Gasteiger partial charge in [-0.1, -0.05) is 6.07 Å². The van der Waals surface area contributed by atoms with Gasteiger partial charge in [-0.3, -0.25) is 4.79 Å². The maximum absolute atomic E-state index is 12.6. The Morgan fingerprint density at radius 2 is 1.70 bits per heavy atom. The zero-order valence-corrected chi connectivity index (χ0v) is 21.9. The fourth-order valence-corrected chi connectivity index (χ4v) is 3.76. The van der Waals surface area contributed by atoms with Crippen LogP contribution in [0.3, 0.4) is 0 Å². The van der Waals surface area contributed by atoms with Gasteiger partial charge in [-0.05, 0) is 74.7 Å². The van der Waals surface area contributed by atoms with Gasteiger partial charge in [0.1, 0.15) is 17.2 Å². The van der Waals surface area contributed by atoms with Gasteiger partial charge in [0.25, 0.3) is 0 Å². The van der Waals surface area contributed by atoms with Crippen molar-refractivity contribution in [3.8, 4) is 40.1 Å². The number of carboxylic acids is 1. The van der Waals surface area contributed by atoms with Crippen molar-refractivity contribution in [1.29, 1.82) is 0 Å². The highest BCUT2D eigenvalue weighted by atomic mass is 19.4. The highest BCUT2D eigenvalue weighted by molar-refractivity contribution is 5.76. The molecule has 210 valence electrons. The van der Waals surface area contributed by atoms with Crippen LogP contribution in [0.2, 0.25) is 0 Å². The molecule has 0 fully saturated rings. The molecule has 0 aliphatic rings.